The molecular weight excluding hydrogens is 356 g/mol. The van der Waals surface area contributed by atoms with E-state index in [2.05, 4.69) is 20.8 Å². The molecule has 0 aromatic rings. The Bertz CT molecular complexity index is 690. The average Bonchev–Trinajstić information content (AvgIpc) is 3.18. The van der Waals surface area contributed by atoms with Gasteiger partial charge in [0.05, 0.1) is 24.7 Å². The minimum atomic E-state index is -0.493. The minimum Gasteiger partial charge on any atom is -0.463 e. The van der Waals surface area contributed by atoms with E-state index in [1.165, 1.54) is 6.42 Å². The van der Waals surface area contributed by atoms with Crippen LogP contribution in [0.5, 0.6) is 0 Å². The van der Waals surface area contributed by atoms with Crippen LogP contribution in [0.1, 0.15) is 79.6 Å². The Balaban J connectivity index is 1.51. The van der Waals surface area contributed by atoms with Gasteiger partial charge in [0.15, 0.2) is 5.79 Å². The number of ether oxygens (including phenoxy) is 4. The molecule has 2 spiro atoms. The maximum Gasteiger partial charge on any atom is 0.308 e. The van der Waals surface area contributed by atoms with Crippen LogP contribution in [0.3, 0.4) is 0 Å². The molecule has 0 aromatic carbocycles. The zero-order valence-corrected chi connectivity index (χ0v) is 18.1. The molecule has 7 atom stereocenters. The average molecular weight is 393 g/mol. The van der Waals surface area contributed by atoms with E-state index < -0.39 is 11.4 Å². The van der Waals surface area contributed by atoms with Crippen LogP contribution in [0.25, 0.3) is 0 Å². The van der Waals surface area contributed by atoms with Crippen LogP contribution in [-0.2, 0) is 23.7 Å². The highest BCUT2D eigenvalue weighted by atomic mass is 16.7. The van der Waals surface area contributed by atoms with Crippen LogP contribution in [0.4, 0.5) is 0 Å². The number of rotatable bonds is 0. The molecule has 5 nitrogen and oxygen atoms in total. The Labute approximate surface area is 168 Å². The third-order valence-electron chi connectivity index (χ3n) is 9.35. The summed E-state index contributed by atoms with van der Waals surface area (Å²) in [4.78, 5) is 11.9. The Morgan fingerprint density at radius 2 is 1.75 bits per heavy atom. The van der Waals surface area contributed by atoms with Crippen molar-refractivity contribution in [3.05, 3.63) is 0 Å². The van der Waals surface area contributed by atoms with E-state index in [9.17, 15) is 4.79 Å². The first-order chi connectivity index (χ1) is 13.0. The molecule has 5 rings (SSSR count). The number of carbonyl (C=O) groups excluding carboxylic acids is 1. The van der Waals surface area contributed by atoms with Crippen molar-refractivity contribution in [1.82, 2.24) is 0 Å². The topological polar surface area (TPSA) is 54.0 Å². The summed E-state index contributed by atoms with van der Waals surface area (Å²) >= 11 is 0. The molecular formula is C23H36O5. The summed E-state index contributed by atoms with van der Waals surface area (Å²) in [5.41, 5.74) is -0.490. The first-order valence-electron chi connectivity index (χ1n) is 11.2. The predicted molar refractivity (Wildman–Crippen MR) is 104 cm³/mol. The van der Waals surface area contributed by atoms with Gasteiger partial charge < -0.3 is 18.9 Å². The van der Waals surface area contributed by atoms with Gasteiger partial charge in [-0.1, -0.05) is 20.8 Å². The summed E-state index contributed by atoms with van der Waals surface area (Å²) in [6.07, 6.45) is 7.16. The fraction of sp³-hybridized carbons (Fsp3) is 0.957. The largest absolute Gasteiger partial charge is 0.463 e. The molecule has 2 saturated carbocycles. The van der Waals surface area contributed by atoms with Crippen molar-refractivity contribution in [1.29, 1.82) is 0 Å². The van der Waals surface area contributed by atoms with Crippen LogP contribution in [-0.4, -0.2) is 42.3 Å². The van der Waals surface area contributed by atoms with Gasteiger partial charge in [-0.05, 0) is 64.2 Å². The van der Waals surface area contributed by atoms with Crippen molar-refractivity contribution in [3.8, 4) is 0 Å². The van der Waals surface area contributed by atoms with Crippen molar-refractivity contribution in [2.45, 2.75) is 103 Å². The maximum absolute atomic E-state index is 11.9. The Morgan fingerprint density at radius 3 is 2.46 bits per heavy atom. The first-order valence-corrected chi connectivity index (χ1v) is 11.2. The lowest BCUT2D eigenvalue weighted by atomic mass is 9.43. The second-order valence-corrected chi connectivity index (χ2v) is 11.3. The molecule has 5 fully saturated rings. The number of hydrogen-bond donors (Lipinski definition) is 0. The summed E-state index contributed by atoms with van der Waals surface area (Å²) in [6.45, 7) is 12.5. The molecule has 2 unspecified atom stereocenters. The van der Waals surface area contributed by atoms with Crippen LogP contribution in [0.15, 0.2) is 0 Å². The lowest BCUT2D eigenvalue weighted by Gasteiger charge is -2.67. The molecule has 158 valence electrons. The smallest absolute Gasteiger partial charge is 0.308 e. The van der Waals surface area contributed by atoms with Gasteiger partial charge in [-0.3, -0.25) is 4.79 Å². The van der Waals surface area contributed by atoms with Gasteiger partial charge in [-0.15, -0.1) is 0 Å². The summed E-state index contributed by atoms with van der Waals surface area (Å²) in [6, 6.07) is 0. The fourth-order valence-electron chi connectivity index (χ4n) is 7.80. The third-order valence-corrected chi connectivity index (χ3v) is 9.35. The number of cyclic esters (lactones) is 1. The standard InChI is InChI=1S/C23H36O5/c1-15-6-7-16-20(4)13-26-19(2,3)27-17(20)8-9-21(16,5)23(15)11-10-22(28-23)12-18(24)25-14-22/h15-17H,6-14H2,1-5H3/t15-,16?,17+,20+,21+,22?,23-/m1/s1. The van der Waals surface area contributed by atoms with Crippen molar-refractivity contribution in [3.63, 3.8) is 0 Å². The monoisotopic (exact) mass is 392 g/mol. The fourth-order valence-corrected chi connectivity index (χ4v) is 7.80. The van der Waals surface area contributed by atoms with Crippen molar-refractivity contribution in [2.24, 2.45) is 22.7 Å². The Hall–Kier alpha value is -0.650. The van der Waals surface area contributed by atoms with Gasteiger partial charge in [-0.2, -0.15) is 0 Å². The first kappa shape index (κ1) is 19.3. The summed E-state index contributed by atoms with van der Waals surface area (Å²) in [7, 11) is 0. The zero-order chi connectivity index (χ0) is 20.0. The van der Waals surface area contributed by atoms with Crippen LogP contribution >= 0.6 is 0 Å². The number of hydrogen-bond acceptors (Lipinski definition) is 5. The van der Waals surface area contributed by atoms with Crippen molar-refractivity contribution < 1.29 is 23.7 Å². The zero-order valence-electron chi connectivity index (χ0n) is 18.1. The lowest BCUT2D eigenvalue weighted by molar-refractivity contribution is -0.358. The van der Waals surface area contributed by atoms with Crippen LogP contribution < -0.4 is 0 Å². The van der Waals surface area contributed by atoms with Crippen LogP contribution in [0, 0.1) is 22.7 Å². The highest BCUT2D eigenvalue weighted by molar-refractivity contribution is 5.73. The van der Waals surface area contributed by atoms with Gasteiger partial charge in [0.25, 0.3) is 0 Å². The molecule has 2 aliphatic carbocycles. The molecule has 3 heterocycles. The number of esters is 1. The van der Waals surface area contributed by atoms with Gasteiger partial charge in [0.2, 0.25) is 0 Å². The van der Waals surface area contributed by atoms with Crippen molar-refractivity contribution >= 4 is 5.97 Å². The molecule has 3 aliphatic heterocycles. The molecule has 0 amide bonds. The lowest BCUT2D eigenvalue weighted by Crippen LogP contribution is -2.68. The van der Waals surface area contributed by atoms with Gasteiger partial charge in [0, 0.05) is 10.8 Å². The Kier molecular flexibility index (Phi) is 3.96. The van der Waals surface area contributed by atoms with E-state index in [1.54, 1.807) is 0 Å². The molecule has 0 aromatic heterocycles. The van der Waals surface area contributed by atoms with E-state index in [-0.39, 0.29) is 28.5 Å². The molecule has 5 heteroatoms. The highest BCUT2D eigenvalue weighted by Gasteiger charge is 2.70. The number of fused-ring (bicyclic) bond motifs is 4. The van der Waals surface area contributed by atoms with Gasteiger partial charge in [0.1, 0.15) is 12.2 Å². The maximum atomic E-state index is 11.9. The van der Waals surface area contributed by atoms with Gasteiger partial charge in [-0.25, -0.2) is 0 Å². The minimum absolute atomic E-state index is 0.0107. The normalized spacial score (nSPS) is 55.2. The quantitative estimate of drug-likeness (QED) is 0.578. The molecule has 0 N–H and O–H groups in total. The van der Waals surface area contributed by atoms with Crippen molar-refractivity contribution in [2.75, 3.05) is 13.2 Å². The second kappa shape index (κ2) is 5.73. The molecule has 3 saturated heterocycles. The molecule has 28 heavy (non-hydrogen) atoms. The Morgan fingerprint density at radius 1 is 0.964 bits per heavy atom. The summed E-state index contributed by atoms with van der Waals surface area (Å²) in [5.74, 6) is 0.395. The molecule has 5 aliphatic rings. The van der Waals surface area contributed by atoms with E-state index in [1.807, 2.05) is 13.8 Å². The number of carbonyl (C=O) groups is 1. The summed E-state index contributed by atoms with van der Waals surface area (Å²) in [5, 5.41) is 0. The van der Waals surface area contributed by atoms with E-state index in [0.29, 0.717) is 24.9 Å². The third kappa shape index (κ3) is 2.39. The van der Waals surface area contributed by atoms with Crippen LogP contribution in [0.2, 0.25) is 0 Å². The van der Waals surface area contributed by atoms with E-state index in [0.717, 1.165) is 38.7 Å². The predicted octanol–water partition coefficient (Wildman–Crippen LogP) is 4.23. The van der Waals surface area contributed by atoms with E-state index >= 15 is 0 Å². The molecule has 0 radical (unpaired) electrons. The SMILES string of the molecule is C[C@@H]1CCC2[C@]3(C)COC(C)(C)O[C@H]3CC[C@]2(C)[C@@]12CCC1(COC(=O)C1)O2. The molecule has 0 bridgehead atoms. The van der Waals surface area contributed by atoms with E-state index in [4.69, 9.17) is 18.9 Å². The summed E-state index contributed by atoms with van der Waals surface area (Å²) < 4.78 is 25.0. The van der Waals surface area contributed by atoms with Gasteiger partial charge >= 0.3 is 5.97 Å². The second-order valence-electron chi connectivity index (χ2n) is 11.3. The highest BCUT2D eigenvalue weighted by Crippen LogP contribution is 2.69.